The lowest BCUT2D eigenvalue weighted by Gasteiger charge is -2.49. The molecule has 16 nitrogen and oxygen atoms in total. The first-order chi connectivity index (χ1) is 27.9. The molecule has 0 aliphatic carbocycles. The summed E-state index contributed by atoms with van der Waals surface area (Å²) in [6.45, 7) is 17.4. The largest absolute Gasteiger partial charge is 0.459 e. The van der Waals surface area contributed by atoms with Gasteiger partial charge in [0.05, 0.1) is 47.6 Å². The second-order valence-electron chi connectivity index (χ2n) is 18.5. The first-order valence-corrected chi connectivity index (χ1v) is 21.5. The molecule has 0 bridgehead atoms. The number of anilines is 1. The molecule has 0 aromatic heterocycles. The molecule has 6 N–H and O–H groups in total. The normalized spacial score (nSPS) is 43.9. The average Bonchev–Trinajstić information content (AvgIpc) is 3.20. The van der Waals surface area contributed by atoms with Gasteiger partial charge in [-0.05, 0) is 92.3 Å². The Kier molecular flexibility index (Phi) is 17.0. The Bertz CT molecular complexity index is 1540. The first-order valence-electron chi connectivity index (χ1n) is 21.5. The van der Waals surface area contributed by atoms with Crippen molar-refractivity contribution < 1.29 is 63.5 Å². The number of carbonyl (C=O) groups is 2. The molecule has 60 heavy (non-hydrogen) atoms. The highest BCUT2D eigenvalue weighted by Crippen LogP contribution is 2.40. The van der Waals surface area contributed by atoms with Crippen molar-refractivity contribution in [2.24, 2.45) is 17.8 Å². The lowest BCUT2D eigenvalue weighted by molar-refractivity contribution is -0.317. The van der Waals surface area contributed by atoms with E-state index >= 15 is 0 Å². The van der Waals surface area contributed by atoms with E-state index in [4.69, 9.17) is 28.4 Å². The van der Waals surface area contributed by atoms with E-state index in [0.29, 0.717) is 18.7 Å². The summed E-state index contributed by atoms with van der Waals surface area (Å²) in [6, 6.07) is 7.42. The standard InChI is InChI=1S/C44H75N3O13/c1-14-32-44(10,54)36(49)28(6)45-23-24(2)21-42(8,53)38(26(4)35(27(5)39(51)58-32)59-33-22-43(9,55-13)37(50)29(7)57-33)60-40-34(48)31(20-25(3)56-40)47(12)41(52)46(11)30-18-16-15-17-19-30/h15-19,24-29,31-38,40,45,48-50,53-54H,14,20-23H2,1-13H3/t24-,25-,26+,27-,28-,29+,31+,32-,33+,34-,35+,36-,37+,38-,40+,42-,43-,44-/m1/s1. The van der Waals surface area contributed by atoms with Gasteiger partial charge in [0.2, 0.25) is 0 Å². The fourth-order valence-corrected chi connectivity index (χ4v) is 9.37. The third-order valence-corrected chi connectivity index (χ3v) is 13.3. The maximum Gasteiger partial charge on any atom is 0.324 e. The molecule has 4 rings (SSSR count). The second-order valence-corrected chi connectivity index (χ2v) is 18.5. The number of aliphatic hydroxyl groups is 5. The van der Waals surface area contributed by atoms with Crippen LogP contribution >= 0.6 is 0 Å². The van der Waals surface area contributed by atoms with E-state index in [9.17, 15) is 35.1 Å². The van der Waals surface area contributed by atoms with Crippen LogP contribution in [0.1, 0.15) is 94.9 Å². The lowest BCUT2D eigenvalue weighted by Crippen LogP contribution is -2.61. The Morgan fingerprint density at radius 2 is 1.57 bits per heavy atom. The van der Waals surface area contributed by atoms with Crippen molar-refractivity contribution in [1.82, 2.24) is 10.2 Å². The van der Waals surface area contributed by atoms with E-state index in [-0.39, 0.29) is 31.2 Å². The van der Waals surface area contributed by atoms with E-state index in [1.165, 1.54) is 23.8 Å². The smallest absolute Gasteiger partial charge is 0.324 e. The minimum Gasteiger partial charge on any atom is -0.459 e. The third kappa shape index (κ3) is 11.2. The van der Waals surface area contributed by atoms with Crippen LogP contribution in [-0.2, 0) is 33.2 Å². The topological polar surface area (TPSA) is 209 Å². The van der Waals surface area contributed by atoms with Gasteiger partial charge in [-0.2, -0.15) is 0 Å². The predicted octanol–water partition coefficient (Wildman–Crippen LogP) is 3.19. The molecule has 3 saturated heterocycles. The molecule has 3 aliphatic heterocycles. The maximum atomic E-state index is 14.3. The molecule has 0 radical (unpaired) electrons. The summed E-state index contributed by atoms with van der Waals surface area (Å²) in [5.74, 6) is -2.90. The van der Waals surface area contributed by atoms with Crippen molar-refractivity contribution in [2.45, 2.75) is 185 Å². The number of para-hydroxylation sites is 1. The zero-order valence-electron chi connectivity index (χ0n) is 38.0. The van der Waals surface area contributed by atoms with Gasteiger partial charge in [-0.1, -0.05) is 39.0 Å². The molecule has 1 aromatic carbocycles. The molecule has 3 aliphatic rings. The number of ether oxygens (including phenoxy) is 6. The molecule has 3 fully saturated rings. The van der Waals surface area contributed by atoms with Gasteiger partial charge >= 0.3 is 12.0 Å². The minimum atomic E-state index is -1.84. The Hall–Kier alpha value is -2.48. The zero-order valence-corrected chi connectivity index (χ0v) is 38.0. The van der Waals surface area contributed by atoms with Gasteiger partial charge in [0.25, 0.3) is 0 Å². The van der Waals surface area contributed by atoms with Crippen LogP contribution in [0.4, 0.5) is 10.5 Å². The Labute approximate surface area is 356 Å². The van der Waals surface area contributed by atoms with Crippen molar-refractivity contribution in [3.63, 3.8) is 0 Å². The zero-order chi connectivity index (χ0) is 45.1. The van der Waals surface area contributed by atoms with Crippen molar-refractivity contribution in [3.05, 3.63) is 30.3 Å². The molecule has 16 heteroatoms. The van der Waals surface area contributed by atoms with Gasteiger partial charge in [0.15, 0.2) is 12.6 Å². The van der Waals surface area contributed by atoms with Crippen LogP contribution in [-0.4, -0.2) is 160 Å². The molecular formula is C44H75N3O13. The highest BCUT2D eigenvalue weighted by atomic mass is 16.7. The van der Waals surface area contributed by atoms with Crippen molar-refractivity contribution in [1.29, 1.82) is 0 Å². The van der Waals surface area contributed by atoms with Crippen LogP contribution in [0.25, 0.3) is 0 Å². The van der Waals surface area contributed by atoms with Crippen molar-refractivity contribution in [3.8, 4) is 0 Å². The third-order valence-electron chi connectivity index (χ3n) is 13.3. The fraction of sp³-hybridized carbons (Fsp3) is 0.818. The average molecular weight is 854 g/mol. The monoisotopic (exact) mass is 854 g/mol. The Balaban J connectivity index is 1.78. The number of nitrogens with one attached hydrogen (secondary N) is 1. The molecule has 0 unspecified atom stereocenters. The van der Waals surface area contributed by atoms with E-state index in [0.717, 1.165) is 0 Å². The van der Waals surface area contributed by atoms with Gasteiger partial charge in [-0.25, -0.2) is 4.79 Å². The number of methoxy groups -OCH3 is 1. The van der Waals surface area contributed by atoms with Crippen LogP contribution in [0.3, 0.4) is 0 Å². The summed E-state index contributed by atoms with van der Waals surface area (Å²) >= 11 is 0. The van der Waals surface area contributed by atoms with Crippen LogP contribution in [0.15, 0.2) is 30.3 Å². The lowest BCUT2D eigenvalue weighted by atomic mass is 9.77. The molecule has 3 heterocycles. The number of nitrogens with zero attached hydrogens (tertiary/aromatic N) is 2. The van der Waals surface area contributed by atoms with E-state index in [2.05, 4.69) is 5.32 Å². The SMILES string of the molecule is CC[C@H]1OC(=O)[C@H](C)[C@@H](O[C@H]2C[C@@](C)(OC)[C@@H](O)[C@H](C)O2)[C@H](C)[C@@H](O[C@@H]2O[C@H](C)C[C@H](N(C)C(=O)N(C)c3ccccc3)[C@H]2O)[C@](C)(O)C[C@@H](C)CN[C@H](C)[C@@H](O)[C@]1(C)O. The highest BCUT2D eigenvalue weighted by molar-refractivity contribution is 5.91. The fourth-order valence-electron chi connectivity index (χ4n) is 9.37. The highest BCUT2D eigenvalue weighted by Gasteiger charge is 2.53. The van der Waals surface area contributed by atoms with Crippen LogP contribution in [0.5, 0.6) is 0 Å². The summed E-state index contributed by atoms with van der Waals surface area (Å²) in [6.07, 6.45) is -9.89. The van der Waals surface area contributed by atoms with Gasteiger partial charge in [-0.3, -0.25) is 9.69 Å². The molecule has 1 aromatic rings. The number of hydrogen-bond acceptors (Lipinski definition) is 14. The number of likely N-dealkylation sites (N-methyl/N-ethyl adjacent to an activating group) is 1. The molecule has 344 valence electrons. The summed E-state index contributed by atoms with van der Waals surface area (Å²) in [5.41, 5.74) is -3.91. The quantitative estimate of drug-likeness (QED) is 0.208. The van der Waals surface area contributed by atoms with Gasteiger partial charge in [0, 0.05) is 45.3 Å². The number of hydrogen-bond donors (Lipinski definition) is 6. The van der Waals surface area contributed by atoms with Crippen LogP contribution in [0, 0.1) is 17.8 Å². The molecular weight excluding hydrogens is 778 g/mol. The molecule has 0 spiro atoms. The second kappa shape index (κ2) is 20.4. The Morgan fingerprint density at radius 1 is 0.933 bits per heavy atom. The van der Waals surface area contributed by atoms with E-state index in [1.807, 2.05) is 44.2 Å². The van der Waals surface area contributed by atoms with Gasteiger partial charge in [-0.15, -0.1) is 0 Å². The first kappa shape index (κ1) is 50.2. The summed E-state index contributed by atoms with van der Waals surface area (Å²) < 4.78 is 37.7. The number of esters is 1. The van der Waals surface area contributed by atoms with Crippen LogP contribution < -0.4 is 10.2 Å². The summed E-state index contributed by atoms with van der Waals surface area (Å²) in [4.78, 5) is 31.1. The van der Waals surface area contributed by atoms with Gasteiger partial charge < -0.3 is 64.2 Å². The van der Waals surface area contributed by atoms with Crippen molar-refractivity contribution in [2.75, 3.05) is 32.6 Å². The maximum absolute atomic E-state index is 14.3. The van der Waals surface area contributed by atoms with E-state index < -0.39 is 108 Å². The van der Waals surface area contributed by atoms with Crippen LogP contribution in [0.2, 0.25) is 0 Å². The summed E-state index contributed by atoms with van der Waals surface area (Å²) in [7, 11) is 4.77. The number of carbonyl (C=O) groups excluding carboxylic acids is 2. The van der Waals surface area contributed by atoms with E-state index in [1.54, 1.807) is 62.6 Å². The number of amides is 2. The summed E-state index contributed by atoms with van der Waals surface area (Å²) in [5, 5.41) is 62.0. The Morgan fingerprint density at radius 3 is 2.17 bits per heavy atom. The molecule has 18 atom stereocenters. The molecule has 0 saturated carbocycles. The number of cyclic esters (lactones) is 1. The van der Waals surface area contributed by atoms with Gasteiger partial charge in [0.1, 0.15) is 30.0 Å². The number of urea groups is 1. The number of aliphatic hydroxyl groups excluding tert-OH is 3. The predicted molar refractivity (Wildman–Crippen MR) is 224 cm³/mol. The molecule has 2 amide bonds. The number of rotatable bonds is 8. The minimum absolute atomic E-state index is 0.0857. The van der Waals surface area contributed by atoms with Crippen molar-refractivity contribution >= 4 is 17.7 Å². The number of benzene rings is 1.